The van der Waals surface area contributed by atoms with Crippen molar-refractivity contribution in [1.29, 1.82) is 0 Å². The third-order valence-electron chi connectivity index (χ3n) is 2.53. The lowest BCUT2D eigenvalue weighted by molar-refractivity contribution is 0.683. The van der Waals surface area contributed by atoms with Crippen LogP contribution >= 0.6 is 0 Å². The van der Waals surface area contributed by atoms with Crippen LogP contribution in [0, 0.1) is 0 Å². The van der Waals surface area contributed by atoms with Crippen molar-refractivity contribution >= 4 is 27.4 Å². The van der Waals surface area contributed by atoms with Gasteiger partial charge in [0, 0.05) is 33.8 Å². The molecule has 0 aliphatic heterocycles. The quantitative estimate of drug-likeness (QED) is 0.827. The van der Waals surface area contributed by atoms with Gasteiger partial charge in [-0.05, 0) is 23.8 Å². The van der Waals surface area contributed by atoms with Crippen LogP contribution in [0.15, 0.2) is 30.5 Å². The summed E-state index contributed by atoms with van der Waals surface area (Å²) in [7, 11) is -0.821. The molecule has 1 aromatic carbocycles. The molecular formula is C12H14N2OS. The van der Waals surface area contributed by atoms with Gasteiger partial charge in [-0.2, -0.15) is 0 Å². The number of nitrogens with two attached hydrogens (primary N) is 1. The Balaban J connectivity index is 2.54. The van der Waals surface area contributed by atoms with Gasteiger partial charge in [-0.25, -0.2) is 0 Å². The van der Waals surface area contributed by atoms with Crippen molar-refractivity contribution in [2.75, 3.05) is 11.5 Å². The van der Waals surface area contributed by atoms with Crippen LogP contribution in [0.25, 0.3) is 10.9 Å². The molecule has 2 N–H and O–H groups in total. The van der Waals surface area contributed by atoms with Crippen LogP contribution in [-0.4, -0.2) is 14.9 Å². The number of nitrogens with zero attached hydrogens (tertiary/aromatic N) is 1. The average Bonchev–Trinajstić information content (AvgIpc) is 2.33. The number of nitrogen functional groups attached to an aromatic ring is 1. The Kier molecular flexibility index (Phi) is 3.19. The van der Waals surface area contributed by atoms with Gasteiger partial charge in [0.2, 0.25) is 0 Å². The van der Waals surface area contributed by atoms with Gasteiger partial charge in [-0.3, -0.25) is 9.19 Å². The largest absolute Gasteiger partial charge is 0.398 e. The van der Waals surface area contributed by atoms with Gasteiger partial charge < -0.3 is 5.73 Å². The second-order valence-electron chi connectivity index (χ2n) is 3.59. The molecule has 1 atom stereocenters. The summed E-state index contributed by atoms with van der Waals surface area (Å²) in [4.78, 5) is 4.31. The molecule has 1 aromatic heterocycles. The van der Waals surface area contributed by atoms with E-state index in [9.17, 15) is 4.21 Å². The molecule has 1 heterocycles. The summed E-state index contributed by atoms with van der Waals surface area (Å²) in [6, 6.07) is 7.57. The zero-order chi connectivity index (χ0) is 11.5. The Morgan fingerprint density at radius 2 is 2.19 bits per heavy atom. The van der Waals surface area contributed by atoms with E-state index >= 15 is 0 Å². The van der Waals surface area contributed by atoms with E-state index in [1.165, 1.54) is 0 Å². The fourth-order valence-electron chi connectivity index (χ4n) is 1.65. The molecule has 0 aliphatic carbocycles. The monoisotopic (exact) mass is 234 g/mol. The van der Waals surface area contributed by atoms with E-state index in [1.54, 1.807) is 6.20 Å². The van der Waals surface area contributed by atoms with Crippen molar-refractivity contribution in [3.05, 3.63) is 36.0 Å². The first-order valence-corrected chi connectivity index (χ1v) is 6.68. The summed E-state index contributed by atoms with van der Waals surface area (Å²) < 4.78 is 11.6. The van der Waals surface area contributed by atoms with E-state index in [0.717, 1.165) is 16.5 Å². The van der Waals surface area contributed by atoms with Crippen molar-refractivity contribution in [1.82, 2.24) is 4.98 Å². The van der Waals surface area contributed by atoms with Gasteiger partial charge in [0.1, 0.15) is 0 Å². The van der Waals surface area contributed by atoms with Crippen LogP contribution in [0.4, 0.5) is 5.69 Å². The summed E-state index contributed by atoms with van der Waals surface area (Å²) in [6.45, 7) is 1.92. The maximum Gasteiger partial charge on any atom is 0.0763 e. The number of benzene rings is 1. The van der Waals surface area contributed by atoms with Crippen molar-refractivity contribution in [2.45, 2.75) is 12.7 Å². The first kappa shape index (κ1) is 11.1. The van der Waals surface area contributed by atoms with Gasteiger partial charge in [-0.1, -0.05) is 13.0 Å². The maximum atomic E-state index is 11.6. The molecule has 0 saturated carbocycles. The lowest BCUT2D eigenvalue weighted by atomic mass is 10.1. The number of aromatic nitrogens is 1. The SMILES string of the molecule is CCS(=O)Cc1ccc(N)c2cccnc12. The number of pyridine rings is 1. The van der Waals surface area contributed by atoms with Crippen molar-refractivity contribution < 1.29 is 4.21 Å². The highest BCUT2D eigenvalue weighted by atomic mass is 32.2. The van der Waals surface area contributed by atoms with Crippen LogP contribution < -0.4 is 5.73 Å². The Morgan fingerprint density at radius 1 is 1.38 bits per heavy atom. The number of fused-ring (bicyclic) bond motifs is 1. The predicted molar refractivity (Wildman–Crippen MR) is 68.5 cm³/mol. The number of rotatable bonds is 3. The molecule has 0 saturated heterocycles. The molecule has 1 unspecified atom stereocenters. The minimum Gasteiger partial charge on any atom is -0.398 e. The first-order chi connectivity index (χ1) is 7.72. The van der Waals surface area contributed by atoms with Gasteiger partial charge in [0.15, 0.2) is 0 Å². The van der Waals surface area contributed by atoms with E-state index < -0.39 is 10.8 Å². The summed E-state index contributed by atoms with van der Waals surface area (Å²) in [6.07, 6.45) is 1.74. The highest BCUT2D eigenvalue weighted by Crippen LogP contribution is 2.23. The van der Waals surface area contributed by atoms with E-state index in [4.69, 9.17) is 5.73 Å². The third kappa shape index (κ3) is 2.07. The fraction of sp³-hybridized carbons (Fsp3) is 0.250. The molecule has 0 radical (unpaired) electrons. The minimum absolute atomic E-state index is 0.546. The lowest BCUT2D eigenvalue weighted by Gasteiger charge is -2.06. The molecule has 2 rings (SSSR count). The summed E-state index contributed by atoms with van der Waals surface area (Å²) in [5, 5.41) is 0.938. The minimum atomic E-state index is -0.821. The molecule has 4 heteroatoms. The van der Waals surface area contributed by atoms with Crippen LogP contribution in [0.1, 0.15) is 12.5 Å². The van der Waals surface area contributed by atoms with Crippen molar-refractivity contribution in [2.24, 2.45) is 0 Å². The van der Waals surface area contributed by atoms with Gasteiger partial charge in [0.05, 0.1) is 11.3 Å². The zero-order valence-corrected chi connectivity index (χ0v) is 9.96. The summed E-state index contributed by atoms with van der Waals surface area (Å²) >= 11 is 0. The molecule has 2 aromatic rings. The van der Waals surface area contributed by atoms with Gasteiger partial charge in [0.25, 0.3) is 0 Å². The highest BCUT2D eigenvalue weighted by molar-refractivity contribution is 7.84. The van der Waals surface area contributed by atoms with Crippen LogP contribution in [-0.2, 0) is 16.6 Å². The second kappa shape index (κ2) is 4.61. The highest BCUT2D eigenvalue weighted by Gasteiger charge is 2.07. The maximum absolute atomic E-state index is 11.6. The van der Waals surface area contributed by atoms with E-state index in [-0.39, 0.29) is 0 Å². The third-order valence-corrected chi connectivity index (χ3v) is 3.80. The molecule has 0 amide bonds. The van der Waals surface area contributed by atoms with E-state index in [1.807, 2.05) is 31.2 Å². The summed E-state index contributed by atoms with van der Waals surface area (Å²) in [5.74, 6) is 1.21. The molecule has 84 valence electrons. The van der Waals surface area contributed by atoms with E-state index in [2.05, 4.69) is 4.98 Å². The summed E-state index contributed by atoms with van der Waals surface area (Å²) in [5.41, 5.74) is 8.46. The Hall–Kier alpha value is -1.42. The molecule has 16 heavy (non-hydrogen) atoms. The van der Waals surface area contributed by atoms with Crippen molar-refractivity contribution in [3.8, 4) is 0 Å². The number of anilines is 1. The molecule has 0 fully saturated rings. The van der Waals surface area contributed by atoms with E-state index in [0.29, 0.717) is 17.2 Å². The molecule has 3 nitrogen and oxygen atoms in total. The average molecular weight is 234 g/mol. The van der Waals surface area contributed by atoms with Crippen LogP contribution in [0.2, 0.25) is 0 Å². The fourth-order valence-corrected chi connectivity index (χ4v) is 2.43. The standard InChI is InChI=1S/C12H14N2OS/c1-2-16(15)8-9-5-6-11(13)10-4-3-7-14-12(9)10/h3-7H,2,8,13H2,1H3. The first-order valence-electron chi connectivity index (χ1n) is 5.19. The molecule has 0 spiro atoms. The second-order valence-corrected chi connectivity index (χ2v) is 5.33. The van der Waals surface area contributed by atoms with Crippen LogP contribution in [0.3, 0.4) is 0 Å². The normalized spacial score (nSPS) is 12.8. The smallest absolute Gasteiger partial charge is 0.0763 e. The number of hydrogen-bond donors (Lipinski definition) is 1. The molecule has 0 bridgehead atoms. The predicted octanol–water partition coefficient (Wildman–Crippen LogP) is 2.09. The Bertz CT molecular complexity index is 540. The topological polar surface area (TPSA) is 56.0 Å². The van der Waals surface area contributed by atoms with Crippen molar-refractivity contribution in [3.63, 3.8) is 0 Å². The van der Waals surface area contributed by atoms with Gasteiger partial charge >= 0.3 is 0 Å². The lowest BCUT2D eigenvalue weighted by Crippen LogP contribution is -2.00. The van der Waals surface area contributed by atoms with Crippen LogP contribution in [0.5, 0.6) is 0 Å². The zero-order valence-electron chi connectivity index (χ0n) is 9.14. The Labute approximate surface area is 97.1 Å². The molecule has 0 aliphatic rings. The number of hydrogen-bond acceptors (Lipinski definition) is 3. The van der Waals surface area contributed by atoms with Gasteiger partial charge in [-0.15, -0.1) is 0 Å². The molecular weight excluding hydrogens is 220 g/mol. The Morgan fingerprint density at radius 3 is 2.94 bits per heavy atom.